The Labute approximate surface area is 110 Å². The Morgan fingerprint density at radius 2 is 2.06 bits per heavy atom. The number of rotatable bonds is 8. The number of carboxylic acids is 1. The van der Waals surface area contributed by atoms with Crippen LogP contribution in [0.3, 0.4) is 0 Å². The summed E-state index contributed by atoms with van der Waals surface area (Å²) in [6, 6.07) is -0.227. The summed E-state index contributed by atoms with van der Waals surface area (Å²) in [5.41, 5.74) is 0. The molecule has 0 spiro atoms. The van der Waals surface area contributed by atoms with Crippen molar-refractivity contribution in [3.8, 4) is 0 Å². The molecule has 0 aliphatic heterocycles. The van der Waals surface area contributed by atoms with Gasteiger partial charge in [-0.05, 0) is 12.8 Å². The van der Waals surface area contributed by atoms with Crippen LogP contribution in [-0.4, -0.2) is 57.9 Å². The van der Waals surface area contributed by atoms with E-state index in [9.17, 15) is 13.8 Å². The van der Waals surface area contributed by atoms with Crippen LogP contribution in [0.5, 0.6) is 0 Å². The molecule has 0 aliphatic rings. The van der Waals surface area contributed by atoms with E-state index in [-0.39, 0.29) is 17.7 Å². The summed E-state index contributed by atoms with van der Waals surface area (Å²) in [7, 11) is 0.748. The highest BCUT2D eigenvalue weighted by Gasteiger charge is 2.10. The number of hydrogen-bond acceptors (Lipinski definition) is 3. The fourth-order valence-corrected chi connectivity index (χ4v) is 1.70. The molecule has 0 aromatic heterocycles. The molecule has 2 atom stereocenters. The summed E-state index contributed by atoms with van der Waals surface area (Å²) in [5, 5.41) is 11.2. The van der Waals surface area contributed by atoms with Gasteiger partial charge in [-0.1, -0.05) is 6.92 Å². The number of nitrogens with one attached hydrogen (secondary N) is 1. The molecule has 106 valence electrons. The molecule has 0 aliphatic carbocycles. The third-order valence-electron chi connectivity index (χ3n) is 2.62. The lowest BCUT2D eigenvalue weighted by Gasteiger charge is -2.18. The average Bonchev–Trinajstić information content (AvgIpc) is 2.27. The van der Waals surface area contributed by atoms with Crippen LogP contribution in [0, 0.1) is 0 Å². The molecule has 2 unspecified atom stereocenters. The summed E-state index contributed by atoms with van der Waals surface area (Å²) in [6.45, 7) is 2.76. The number of urea groups is 1. The van der Waals surface area contributed by atoms with Crippen LogP contribution in [0.15, 0.2) is 0 Å². The molecule has 0 fully saturated rings. The summed E-state index contributed by atoms with van der Waals surface area (Å²) in [6.07, 6.45) is 2.81. The molecule has 0 saturated carbocycles. The third-order valence-corrected chi connectivity index (χ3v) is 3.99. The van der Waals surface area contributed by atoms with Gasteiger partial charge in [0.25, 0.3) is 0 Å². The average molecular weight is 278 g/mol. The van der Waals surface area contributed by atoms with Crippen LogP contribution >= 0.6 is 0 Å². The zero-order valence-electron chi connectivity index (χ0n) is 11.1. The molecule has 0 rings (SSSR count). The van der Waals surface area contributed by atoms with E-state index in [2.05, 4.69) is 5.32 Å². The first kappa shape index (κ1) is 16.9. The van der Waals surface area contributed by atoms with Crippen LogP contribution in [-0.2, 0) is 15.6 Å². The summed E-state index contributed by atoms with van der Waals surface area (Å²) in [4.78, 5) is 23.3. The zero-order chi connectivity index (χ0) is 14.1. The fourth-order valence-electron chi connectivity index (χ4n) is 1.25. The first-order valence-corrected chi connectivity index (χ1v) is 7.49. The van der Waals surface area contributed by atoms with Gasteiger partial charge >= 0.3 is 12.0 Å². The standard InChI is InChI=1S/C11H22N2O4S/c1-9(18(3)17)6-7-12-11(16)13(2)8-4-5-10(14)15/h9H,4-8H2,1-3H3,(H,12,16)(H,14,15). The van der Waals surface area contributed by atoms with Crippen LogP contribution in [0.2, 0.25) is 0 Å². The first-order chi connectivity index (χ1) is 8.34. The molecule has 2 amide bonds. The second-order valence-electron chi connectivity index (χ2n) is 4.25. The fraction of sp³-hybridized carbons (Fsp3) is 0.818. The van der Waals surface area contributed by atoms with Crippen LogP contribution in [0.25, 0.3) is 0 Å². The Kier molecular flexibility index (Phi) is 8.36. The highest BCUT2D eigenvalue weighted by atomic mass is 32.2. The second kappa shape index (κ2) is 8.91. The van der Waals surface area contributed by atoms with Gasteiger partial charge in [-0.25, -0.2) is 4.79 Å². The number of carboxylic acid groups (broad SMARTS) is 1. The molecule has 18 heavy (non-hydrogen) atoms. The Hall–Kier alpha value is -1.11. The largest absolute Gasteiger partial charge is 0.481 e. The van der Waals surface area contributed by atoms with E-state index in [4.69, 9.17) is 5.11 Å². The molecule has 0 aromatic carbocycles. The Bertz CT molecular complexity index is 309. The topological polar surface area (TPSA) is 86.7 Å². The Balaban J connectivity index is 3.74. The van der Waals surface area contributed by atoms with Crippen molar-refractivity contribution in [1.82, 2.24) is 10.2 Å². The van der Waals surface area contributed by atoms with Crippen molar-refractivity contribution >= 4 is 22.8 Å². The van der Waals surface area contributed by atoms with E-state index in [1.165, 1.54) is 4.90 Å². The number of hydrogen-bond donors (Lipinski definition) is 2. The van der Waals surface area contributed by atoms with Gasteiger partial charge in [-0.15, -0.1) is 0 Å². The Morgan fingerprint density at radius 3 is 2.56 bits per heavy atom. The van der Waals surface area contributed by atoms with Gasteiger partial charge < -0.3 is 15.3 Å². The molecule has 0 aromatic rings. The molecular weight excluding hydrogens is 256 g/mol. The first-order valence-electron chi connectivity index (χ1n) is 5.87. The van der Waals surface area contributed by atoms with Crippen molar-refractivity contribution in [3.05, 3.63) is 0 Å². The lowest BCUT2D eigenvalue weighted by atomic mass is 10.3. The molecule has 0 saturated heterocycles. The maximum atomic E-state index is 11.6. The molecule has 0 bridgehead atoms. The second-order valence-corrected chi connectivity index (χ2v) is 6.05. The minimum absolute atomic E-state index is 0.0580. The quantitative estimate of drug-likeness (QED) is 0.682. The van der Waals surface area contributed by atoms with Gasteiger partial charge in [0.2, 0.25) is 0 Å². The molecular formula is C11H22N2O4S. The van der Waals surface area contributed by atoms with Gasteiger partial charge in [0, 0.05) is 48.9 Å². The Morgan fingerprint density at radius 1 is 1.44 bits per heavy atom. The van der Waals surface area contributed by atoms with Crippen molar-refractivity contribution in [3.63, 3.8) is 0 Å². The van der Waals surface area contributed by atoms with Gasteiger partial charge in [0.05, 0.1) is 0 Å². The SMILES string of the molecule is CC(CCNC(=O)N(C)CCCC(=O)O)S(C)=O. The predicted molar refractivity (Wildman–Crippen MR) is 71.0 cm³/mol. The lowest BCUT2D eigenvalue weighted by molar-refractivity contribution is -0.137. The number of carbonyl (C=O) groups excluding carboxylic acids is 1. The number of amides is 2. The van der Waals surface area contributed by atoms with Gasteiger partial charge in [0.15, 0.2) is 0 Å². The van der Waals surface area contributed by atoms with E-state index in [1.807, 2.05) is 6.92 Å². The van der Waals surface area contributed by atoms with E-state index < -0.39 is 16.8 Å². The normalized spacial score (nSPS) is 13.7. The number of nitrogens with zero attached hydrogens (tertiary/aromatic N) is 1. The van der Waals surface area contributed by atoms with Gasteiger partial charge in [-0.3, -0.25) is 9.00 Å². The molecule has 6 nitrogen and oxygen atoms in total. The highest BCUT2D eigenvalue weighted by Crippen LogP contribution is 1.98. The van der Waals surface area contributed by atoms with E-state index in [0.29, 0.717) is 25.9 Å². The van der Waals surface area contributed by atoms with Crippen LogP contribution in [0.1, 0.15) is 26.2 Å². The van der Waals surface area contributed by atoms with Gasteiger partial charge in [0.1, 0.15) is 0 Å². The van der Waals surface area contributed by atoms with E-state index in [1.54, 1.807) is 13.3 Å². The van der Waals surface area contributed by atoms with E-state index in [0.717, 1.165) is 0 Å². The monoisotopic (exact) mass is 278 g/mol. The maximum Gasteiger partial charge on any atom is 0.317 e. The smallest absolute Gasteiger partial charge is 0.317 e. The molecule has 7 heteroatoms. The molecule has 2 N–H and O–H groups in total. The van der Waals surface area contributed by atoms with Crippen molar-refractivity contribution in [2.75, 3.05) is 26.4 Å². The van der Waals surface area contributed by atoms with Crippen molar-refractivity contribution in [1.29, 1.82) is 0 Å². The minimum Gasteiger partial charge on any atom is -0.481 e. The van der Waals surface area contributed by atoms with E-state index >= 15 is 0 Å². The summed E-state index contributed by atoms with van der Waals surface area (Å²) in [5.74, 6) is -0.858. The molecule has 0 heterocycles. The van der Waals surface area contributed by atoms with Crippen molar-refractivity contribution in [2.24, 2.45) is 0 Å². The maximum absolute atomic E-state index is 11.6. The third kappa shape index (κ3) is 8.05. The summed E-state index contributed by atoms with van der Waals surface area (Å²) >= 11 is 0. The minimum atomic E-state index is -0.876. The predicted octanol–water partition coefficient (Wildman–Crippen LogP) is 0.650. The van der Waals surface area contributed by atoms with Crippen molar-refractivity contribution < 1.29 is 18.9 Å². The van der Waals surface area contributed by atoms with Crippen LogP contribution in [0.4, 0.5) is 4.79 Å². The summed E-state index contributed by atoms with van der Waals surface area (Å²) < 4.78 is 11.1. The highest BCUT2D eigenvalue weighted by molar-refractivity contribution is 7.84. The lowest BCUT2D eigenvalue weighted by Crippen LogP contribution is -2.39. The zero-order valence-corrected chi connectivity index (χ0v) is 12.0. The molecule has 0 radical (unpaired) electrons. The van der Waals surface area contributed by atoms with Gasteiger partial charge in [-0.2, -0.15) is 0 Å². The number of carbonyl (C=O) groups is 2. The number of aliphatic carboxylic acids is 1. The van der Waals surface area contributed by atoms with Crippen molar-refractivity contribution in [2.45, 2.75) is 31.4 Å². The van der Waals surface area contributed by atoms with Crippen LogP contribution < -0.4 is 5.32 Å².